The molecule has 4 nitrogen and oxygen atoms in total. The molecular weight excluding hydrogens is 200 g/mol. The van der Waals surface area contributed by atoms with Gasteiger partial charge in [0.25, 0.3) is 0 Å². The van der Waals surface area contributed by atoms with Crippen molar-refractivity contribution < 1.29 is 0 Å². The molecule has 4 heteroatoms. The van der Waals surface area contributed by atoms with Gasteiger partial charge >= 0.3 is 0 Å². The van der Waals surface area contributed by atoms with Gasteiger partial charge in [0.05, 0.1) is 5.69 Å². The molecule has 0 aliphatic rings. The molecule has 0 spiro atoms. The Labute approximate surface area is 95.1 Å². The smallest absolute Gasteiger partial charge is 0.153 e. The SMILES string of the molecule is CCc1cc(CN)cc(-n2ccc(C)n2)n1. The molecule has 0 amide bonds. The predicted molar refractivity (Wildman–Crippen MR) is 63.4 cm³/mol. The van der Waals surface area contributed by atoms with Crippen molar-refractivity contribution >= 4 is 0 Å². The summed E-state index contributed by atoms with van der Waals surface area (Å²) in [6.07, 6.45) is 2.82. The molecular formula is C12H16N4. The van der Waals surface area contributed by atoms with Gasteiger partial charge in [-0.15, -0.1) is 0 Å². The van der Waals surface area contributed by atoms with Crippen LogP contribution in [0.4, 0.5) is 0 Å². The van der Waals surface area contributed by atoms with E-state index >= 15 is 0 Å². The van der Waals surface area contributed by atoms with Crippen molar-refractivity contribution in [2.24, 2.45) is 5.73 Å². The zero-order valence-electron chi connectivity index (χ0n) is 9.64. The van der Waals surface area contributed by atoms with Crippen molar-refractivity contribution in [3.63, 3.8) is 0 Å². The van der Waals surface area contributed by atoms with Gasteiger partial charge in [0.2, 0.25) is 0 Å². The van der Waals surface area contributed by atoms with E-state index in [4.69, 9.17) is 5.73 Å². The Hall–Kier alpha value is -1.68. The number of rotatable bonds is 3. The maximum atomic E-state index is 5.67. The first-order valence-corrected chi connectivity index (χ1v) is 5.45. The number of pyridine rings is 1. The highest BCUT2D eigenvalue weighted by Crippen LogP contribution is 2.10. The molecule has 0 saturated carbocycles. The van der Waals surface area contributed by atoms with Crippen LogP contribution in [-0.4, -0.2) is 14.8 Å². The van der Waals surface area contributed by atoms with E-state index in [1.54, 1.807) is 4.68 Å². The van der Waals surface area contributed by atoms with Crippen molar-refractivity contribution in [1.82, 2.24) is 14.8 Å². The Morgan fingerprint density at radius 1 is 1.38 bits per heavy atom. The van der Waals surface area contributed by atoms with E-state index in [0.29, 0.717) is 6.54 Å². The van der Waals surface area contributed by atoms with Gasteiger partial charge in [-0.2, -0.15) is 5.10 Å². The summed E-state index contributed by atoms with van der Waals surface area (Å²) in [4.78, 5) is 4.53. The second-order valence-electron chi connectivity index (χ2n) is 3.78. The molecule has 84 valence electrons. The summed E-state index contributed by atoms with van der Waals surface area (Å²) >= 11 is 0. The van der Waals surface area contributed by atoms with E-state index in [1.165, 1.54) is 0 Å². The summed E-state index contributed by atoms with van der Waals surface area (Å²) < 4.78 is 1.79. The van der Waals surface area contributed by atoms with Crippen LogP contribution < -0.4 is 5.73 Å². The predicted octanol–water partition coefficient (Wildman–Crippen LogP) is 1.60. The lowest BCUT2D eigenvalue weighted by Crippen LogP contribution is -2.05. The van der Waals surface area contributed by atoms with Crippen LogP contribution in [0.15, 0.2) is 24.4 Å². The lowest BCUT2D eigenvalue weighted by atomic mass is 10.2. The highest BCUT2D eigenvalue weighted by atomic mass is 15.3. The summed E-state index contributed by atoms with van der Waals surface area (Å²) in [7, 11) is 0. The molecule has 0 unspecified atom stereocenters. The van der Waals surface area contributed by atoms with Crippen molar-refractivity contribution in [3.8, 4) is 5.82 Å². The van der Waals surface area contributed by atoms with Gasteiger partial charge in [-0.1, -0.05) is 6.92 Å². The molecule has 2 aromatic heterocycles. The van der Waals surface area contributed by atoms with Gasteiger partial charge in [0, 0.05) is 18.4 Å². The van der Waals surface area contributed by atoms with Gasteiger partial charge in [0.15, 0.2) is 5.82 Å². The number of hydrogen-bond donors (Lipinski definition) is 1. The number of nitrogens with two attached hydrogens (primary N) is 1. The average molecular weight is 216 g/mol. The molecule has 0 atom stereocenters. The van der Waals surface area contributed by atoms with Gasteiger partial charge in [-0.25, -0.2) is 9.67 Å². The van der Waals surface area contributed by atoms with Crippen molar-refractivity contribution in [3.05, 3.63) is 41.3 Å². The fourth-order valence-corrected chi connectivity index (χ4v) is 1.59. The zero-order chi connectivity index (χ0) is 11.5. The minimum atomic E-state index is 0.531. The van der Waals surface area contributed by atoms with E-state index in [0.717, 1.165) is 29.2 Å². The van der Waals surface area contributed by atoms with Crippen LogP contribution in [0.5, 0.6) is 0 Å². The van der Waals surface area contributed by atoms with Gasteiger partial charge in [0.1, 0.15) is 0 Å². The van der Waals surface area contributed by atoms with Gasteiger partial charge in [-0.3, -0.25) is 0 Å². The molecule has 16 heavy (non-hydrogen) atoms. The van der Waals surface area contributed by atoms with Gasteiger partial charge in [-0.05, 0) is 37.1 Å². The fourth-order valence-electron chi connectivity index (χ4n) is 1.59. The topological polar surface area (TPSA) is 56.7 Å². The molecule has 2 heterocycles. The van der Waals surface area contributed by atoms with Crippen LogP contribution in [0.3, 0.4) is 0 Å². The third-order valence-corrected chi connectivity index (χ3v) is 2.48. The van der Waals surface area contributed by atoms with Crippen LogP contribution in [0.1, 0.15) is 23.9 Å². The van der Waals surface area contributed by atoms with Crippen molar-refractivity contribution in [1.29, 1.82) is 0 Å². The Kier molecular flexibility index (Phi) is 3.01. The first-order chi connectivity index (χ1) is 7.72. The van der Waals surface area contributed by atoms with Crippen LogP contribution in [-0.2, 0) is 13.0 Å². The number of hydrogen-bond acceptors (Lipinski definition) is 3. The Morgan fingerprint density at radius 3 is 2.75 bits per heavy atom. The van der Waals surface area contributed by atoms with Crippen molar-refractivity contribution in [2.45, 2.75) is 26.8 Å². The lowest BCUT2D eigenvalue weighted by molar-refractivity contribution is 0.814. The zero-order valence-corrected chi connectivity index (χ0v) is 9.64. The molecule has 0 aromatic carbocycles. The second-order valence-corrected chi connectivity index (χ2v) is 3.78. The minimum absolute atomic E-state index is 0.531. The van der Waals surface area contributed by atoms with Crippen molar-refractivity contribution in [2.75, 3.05) is 0 Å². The van der Waals surface area contributed by atoms with Crippen LogP contribution in [0, 0.1) is 6.92 Å². The van der Waals surface area contributed by atoms with E-state index in [1.807, 2.05) is 31.3 Å². The highest BCUT2D eigenvalue weighted by Gasteiger charge is 2.03. The Morgan fingerprint density at radius 2 is 2.19 bits per heavy atom. The van der Waals surface area contributed by atoms with Crippen LogP contribution in [0.25, 0.3) is 5.82 Å². The first kappa shape index (κ1) is 10.8. The molecule has 2 aromatic rings. The maximum Gasteiger partial charge on any atom is 0.153 e. The normalized spacial score (nSPS) is 10.7. The summed E-state index contributed by atoms with van der Waals surface area (Å²) in [5, 5.41) is 4.35. The molecule has 0 fully saturated rings. The molecule has 2 N–H and O–H groups in total. The van der Waals surface area contributed by atoms with Crippen LogP contribution in [0.2, 0.25) is 0 Å². The average Bonchev–Trinajstić information content (AvgIpc) is 2.75. The summed E-state index contributed by atoms with van der Waals surface area (Å²) in [5.74, 6) is 0.841. The molecule has 2 rings (SSSR count). The van der Waals surface area contributed by atoms with E-state index in [2.05, 4.69) is 17.0 Å². The lowest BCUT2D eigenvalue weighted by Gasteiger charge is -2.06. The Balaban J connectivity index is 2.47. The highest BCUT2D eigenvalue weighted by molar-refractivity contribution is 5.30. The molecule has 0 saturated heterocycles. The fraction of sp³-hybridized carbons (Fsp3) is 0.333. The van der Waals surface area contributed by atoms with E-state index in [-0.39, 0.29) is 0 Å². The maximum absolute atomic E-state index is 5.67. The third-order valence-electron chi connectivity index (χ3n) is 2.48. The molecule has 0 bridgehead atoms. The number of aryl methyl sites for hydroxylation is 2. The largest absolute Gasteiger partial charge is 0.326 e. The Bertz CT molecular complexity index is 465. The molecule has 0 aliphatic carbocycles. The second kappa shape index (κ2) is 4.45. The van der Waals surface area contributed by atoms with E-state index in [9.17, 15) is 0 Å². The van der Waals surface area contributed by atoms with Crippen LogP contribution >= 0.6 is 0 Å². The first-order valence-electron chi connectivity index (χ1n) is 5.45. The quantitative estimate of drug-likeness (QED) is 0.847. The summed E-state index contributed by atoms with van der Waals surface area (Å²) in [5.41, 5.74) is 8.79. The third kappa shape index (κ3) is 2.12. The number of aromatic nitrogens is 3. The molecule has 0 radical (unpaired) electrons. The summed E-state index contributed by atoms with van der Waals surface area (Å²) in [6.45, 7) is 4.58. The standard InChI is InChI=1S/C12H16N4/c1-3-11-6-10(8-13)7-12(14-11)16-5-4-9(2)15-16/h4-7H,3,8,13H2,1-2H3. The monoisotopic (exact) mass is 216 g/mol. The number of nitrogens with zero attached hydrogens (tertiary/aromatic N) is 3. The van der Waals surface area contributed by atoms with E-state index < -0.39 is 0 Å². The summed E-state index contributed by atoms with van der Waals surface area (Å²) in [6, 6.07) is 5.98. The van der Waals surface area contributed by atoms with Gasteiger partial charge < -0.3 is 5.73 Å². The minimum Gasteiger partial charge on any atom is -0.326 e. The molecule has 0 aliphatic heterocycles.